The number of esters is 1. The van der Waals surface area contributed by atoms with E-state index in [0.29, 0.717) is 17.9 Å². The molecule has 1 aromatic rings. The zero-order valence-corrected chi connectivity index (χ0v) is 25.0. The van der Waals surface area contributed by atoms with E-state index in [2.05, 4.69) is 29.2 Å². The van der Waals surface area contributed by atoms with E-state index in [-0.39, 0.29) is 19.4 Å². The molecule has 0 saturated heterocycles. The van der Waals surface area contributed by atoms with Crippen molar-refractivity contribution in [2.45, 2.75) is 97.9 Å². The molecule has 0 aliphatic rings. The highest BCUT2D eigenvalue weighted by atomic mass is 16.6. The molecule has 0 spiro atoms. The van der Waals surface area contributed by atoms with Crippen molar-refractivity contribution >= 4 is 29.8 Å². The van der Waals surface area contributed by atoms with Crippen LogP contribution in [0.25, 0.3) is 0 Å². The van der Waals surface area contributed by atoms with Gasteiger partial charge in [0.15, 0.2) is 0 Å². The second-order valence-corrected chi connectivity index (χ2v) is 11.4. The molecular weight excluding hydrogens is 516 g/mol. The molecule has 3 unspecified atom stereocenters. The quantitative estimate of drug-likeness (QED) is 0.294. The molecule has 0 aliphatic carbocycles. The van der Waals surface area contributed by atoms with E-state index < -0.39 is 53.5 Å². The summed E-state index contributed by atoms with van der Waals surface area (Å²) in [5.74, 6) is -2.13. The second-order valence-electron chi connectivity index (χ2n) is 11.4. The SMILES string of the molecule is COC(=O)CNC(=O)C(c1cccc(C)c1)N(C(=O)C(CCC(N)=O)NC(=O)OC(C)(C)C)C(C)CCC(C)C. The van der Waals surface area contributed by atoms with Gasteiger partial charge in [0.2, 0.25) is 17.7 Å². The normalized spacial score (nSPS) is 13.5. The highest BCUT2D eigenvalue weighted by molar-refractivity contribution is 5.93. The van der Waals surface area contributed by atoms with E-state index in [4.69, 9.17) is 10.5 Å². The fourth-order valence-corrected chi connectivity index (χ4v) is 4.09. The molecule has 4 N–H and O–H groups in total. The maximum atomic E-state index is 14.3. The molecule has 11 heteroatoms. The van der Waals surface area contributed by atoms with Crippen LogP contribution in [0.1, 0.15) is 84.4 Å². The lowest BCUT2D eigenvalue weighted by Crippen LogP contribution is -2.56. The Bertz CT molecular complexity index is 1040. The van der Waals surface area contributed by atoms with Gasteiger partial charge in [-0.25, -0.2) is 4.79 Å². The Labute approximate surface area is 237 Å². The zero-order chi connectivity index (χ0) is 30.6. The summed E-state index contributed by atoms with van der Waals surface area (Å²) in [6.07, 6.45) is 0.216. The van der Waals surface area contributed by atoms with E-state index in [9.17, 15) is 24.0 Å². The van der Waals surface area contributed by atoms with Gasteiger partial charge in [0.05, 0.1) is 7.11 Å². The maximum Gasteiger partial charge on any atom is 0.408 e. The van der Waals surface area contributed by atoms with Crippen LogP contribution in [-0.2, 0) is 28.7 Å². The molecule has 1 rings (SSSR count). The van der Waals surface area contributed by atoms with Crippen LogP contribution in [0.5, 0.6) is 0 Å². The lowest BCUT2D eigenvalue weighted by atomic mass is 9.95. The van der Waals surface area contributed by atoms with Gasteiger partial charge in [0.25, 0.3) is 0 Å². The smallest absolute Gasteiger partial charge is 0.408 e. The minimum Gasteiger partial charge on any atom is -0.468 e. The number of nitrogens with one attached hydrogen (secondary N) is 2. The fourth-order valence-electron chi connectivity index (χ4n) is 4.09. The molecule has 0 radical (unpaired) electrons. The number of nitrogens with zero attached hydrogens (tertiary/aromatic N) is 1. The molecule has 3 atom stereocenters. The number of alkyl carbamates (subject to hydrolysis) is 1. The topological polar surface area (TPSA) is 157 Å². The fraction of sp³-hybridized carbons (Fsp3) is 0.621. The van der Waals surface area contributed by atoms with Gasteiger partial charge in [0.1, 0.15) is 24.2 Å². The van der Waals surface area contributed by atoms with Crippen LogP contribution >= 0.6 is 0 Å². The number of carbonyl (C=O) groups excluding carboxylic acids is 5. The Hall–Kier alpha value is -3.63. The highest BCUT2D eigenvalue weighted by Crippen LogP contribution is 2.28. The summed E-state index contributed by atoms with van der Waals surface area (Å²) in [5.41, 5.74) is 5.93. The van der Waals surface area contributed by atoms with Gasteiger partial charge < -0.3 is 30.7 Å². The summed E-state index contributed by atoms with van der Waals surface area (Å²) < 4.78 is 10.0. The summed E-state index contributed by atoms with van der Waals surface area (Å²) in [5, 5.41) is 5.15. The predicted molar refractivity (Wildman–Crippen MR) is 151 cm³/mol. The molecule has 1 aromatic carbocycles. The van der Waals surface area contributed by atoms with Crippen LogP contribution in [0.4, 0.5) is 4.79 Å². The average molecular weight is 563 g/mol. The van der Waals surface area contributed by atoms with E-state index in [1.807, 2.05) is 19.9 Å². The molecule has 0 fully saturated rings. The lowest BCUT2D eigenvalue weighted by molar-refractivity contribution is -0.146. The molecule has 224 valence electrons. The summed E-state index contributed by atoms with van der Waals surface area (Å²) in [7, 11) is 1.21. The summed E-state index contributed by atoms with van der Waals surface area (Å²) >= 11 is 0. The van der Waals surface area contributed by atoms with Crippen LogP contribution in [0.2, 0.25) is 0 Å². The van der Waals surface area contributed by atoms with Crippen molar-refractivity contribution < 1.29 is 33.4 Å². The van der Waals surface area contributed by atoms with Gasteiger partial charge in [-0.05, 0) is 65.4 Å². The monoisotopic (exact) mass is 562 g/mol. The first-order valence-corrected chi connectivity index (χ1v) is 13.6. The van der Waals surface area contributed by atoms with Gasteiger partial charge in [-0.15, -0.1) is 0 Å². The number of hydrogen-bond donors (Lipinski definition) is 3. The third kappa shape index (κ3) is 12.0. The Morgan fingerprint density at radius 3 is 2.20 bits per heavy atom. The summed E-state index contributed by atoms with van der Waals surface area (Å²) in [4.78, 5) is 65.5. The van der Waals surface area contributed by atoms with Crippen molar-refractivity contribution in [3.63, 3.8) is 0 Å². The molecule has 0 aliphatic heterocycles. The number of amides is 4. The first kappa shape index (κ1) is 34.4. The van der Waals surface area contributed by atoms with Gasteiger partial charge in [-0.2, -0.15) is 0 Å². The predicted octanol–water partition coefficient (Wildman–Crippen LogP) is 3.14. The Balaban J connectivity index is 3.64. The van der Waals surface area contributed by atoms with E-state index in [1.54, 1.807) is 39.0 Å². The molecule has 0 heterocycles. The Kier molecular flexibility index (Phi) is 13.6. The molecule has 0 aromatic heterocycles. The number of nitrogens with two attached hydrogens (primary N) is 1. The zero-order valence-electron chi connectivity index (χ0n) is 25.0. The number of methoxy groups -OCH3 is 1. The van der Waals surface area contributed by atoms with Crippen molar-refractivity contribution in [1.82, 2.24) is 15.5 Å². The van der Waals surface area contributed by atoms with Gasteiger partial charge in [0, 0.05) is 12.5 Å². The molecule has 0 saturated carbocycles. The maximum absolute atomic E-state index is 14.3. The van der Waals surface area contributed by atoms with Crippen LogP contribution < -0.4 is 16.4 Å². The molecular formula is C29H46N4O7. The van der Waals surface area contributed by atoms with Crippen molar-refractivity contribution in [2.75, 3.05) is 13.7 Å². The van der Waals surface area contributed by atoms with E-state index in [1.165, 1.54) is 12.0 Å². The van der Waals surface area contributed by atoms with E-state index >= 15 is 0 Å². The standard InChI is InChI=1S/C29H46N4O7/c1-18(2)12-13-20(4)33(27(37)22(14-15-23(30)34)32-28(38)40-29(5,6)7)25(21-11-9-10-19(3)16-21)26(36)31-17-24(35)39-8/h9-11,16,18,20,22,25H,12-15,17H2,1-8H3,(H2,30,34)(H,31,36)(H,32,38). The van der Waals surface area contributed by atoms with E-state index in [0.717, 1.165) is 12.0 Å². The van der Waals surface area contributed by atoms with Crippen molar-refractivity contribution in [3.8, 4) is 0 Å². The molecule has 40 heavy (non-hydrogen) atoms. The number of carbonyl (C=O) groups is 5. The molecule has 4 amide bonds. The van der Waals surface area contributed by atoms with Crippen LogP contribution in [0, 0.1) is 12.8 Å². The lowest BCUT2D eigenvalue weighted by Gasteiger charge is -2.39. The van der Waals surface area contributed by atoms with Crippen LogP contribution in [-0.4, -0.2) is 66.0 Å². The first-order chi connectivity index (χ1) is 18.5. The largest absolute Gasteiger partial charge is 0.468 e. The number of benzene rings is 1. The van der Waals surface area contributed by atoms with Crippen molar-refractivity contribution in [3.05, 3.63) is 35.4 Å². The van der Waals surface area contributed by atoms with Gasteiger partial charge >= 0.3 is 12.1 Å². The van der Waals surface area contributed by atoms with Crippen LogP contribution in [0.3, 0.4) is 0 Å². The number of aryl methyl sites for hydroxylation is 1. The average Bonchev–Trinajstić information content (AvgIpc) is 2.84. The van der Waals surface area contributed by atoms with Crippen LogP contribution in [0.15, 0.2) is 24.3 Å². The third-order valence-corrected chi connectivity index (χ3v) is 6.08. The number of primary amides is 1. The minimum absolute atomic E-state index is 0.0921. The summed E-state index contributed by atoms with van der Waals surface area (Å²) in [6, 6.07) is 4.35. The van der Waals surface area contributed by atoms with Gasteiger partial charge in [-0.3, -0.25) is 19.2 Å². The second kappa shape index (κ2) is 15.8. The number of rotatable bonds is 14. The Morgan fingerprint density at radius 1 is 1.02 bits per heavy atom. The van der Waals surface area contributed by atoms with Gasteiger partial charge in [-0.1, -0.05) is 43.7 Å². The number of ether oxygens (including phenoxy) is 2. The number of hydrogen-bond acceptors (Lipinski definition) is 7. The summed E-state index contributed by atoms with van der Waals surface area (Å²) in [6.45, 7) is 12.5. The van der Waals surface area contributed by atoms with Crippen molar-refractivity contribution in [2.24, 2.45) is 11.7 Å². The third-order valence-electron chi connectivity index (χ3n) is 6.08. The Morgan fingerprint density at radius 2 is 1.68 bits per heavy atom. The first-order valence-electron chi connectivity index (χ1n) is 13.6. The molecule has 0 bridgehead atoms. The minimum atomic E-state index is -1.20. The molecule has 11 nitrogen and oxygen atoms in total. The van der Waals surface area contributed by atoms with Crippen molar-refractivity contribution in [1.29, 1.82) is 0 Å². The highest BCUT2D eigenvalue weighted by Gasteiger charge is 2.39.